The molecule has 0 radical (unpaired) electrons. The summed E-state index contributed by atoms with van der Waals surface area (Å²) in [5.74, 6) is 3.57. The lowest BCUT2D eigenvalue weighted by atomic mass is 9.92. The van der Waals surface area contributed by atoms with E-state index >= 15 is 0 Å². The van der Waals surface area contributed by atoms with E-state index in [1.54, 1.807) is 6.26 Å². The number of hydrogen-bond donors (Lipinski definition) is 0. The number of amides is 1. The molecule has 1 aliphatic rings. The Morgan fingerprint density at radius 2 is 1.90 bits per heavy atom. The van der Waals surface area contributed by atoms with E-state index in [4.69, 9.17) is 9.15 Å². The van der Waals surface area contributed by atoms with Gasteiger partial charge in [-0.3, -0.25) is 9.36 Å². The third-order valence-corrected chi connectivity index (χ3v) is 6.24. The molecule has 1 fully saturated rings. The molecule has 3 aromatic rings. The van der Waals surface area contributed by atoms with E-state index in [0.717, 1.165) is 24.5 Å². The van der Waals surface area contributed by atoms with Crippen molar-refractivity contribution in [3.63, 3.8) is 0 Å². The SMILES string of the molecule is CCOc1ccc(-n2c(SCC(=O)N3CC(C)CC(C)C3)nnc2-c2ccco2)cc1. The number of furan rings is 1. The Kier molecular flexibility index (Phi) is 6.65. The normalized spacial score (nSPS) is 18.9. The quantitative estimate of drug-likeness (QED) is 0.503. The van der Waals surface area contributed by atoms with Gasteiger partial charge in [0.2, 0.25) is 11.7 Å². The molecule has 2 unspecified atom stereocenters. The van der Waals surface area contributed by atoms with Crippen molar-refractivity contribution in [2.75, 3.05) is 25.4 Å². The van der Waals surface area contributed by atoms with E-state index in [0.29, 0.717) is 40.9 Å². The molecule has 0 saturated carbocycles. The minimum Gasteiger partial charge on any atom is -0.494 e. The summed E-state index contributed by atoms with van der Waals surface area (Å²) < 4.78 is 13.1. The maximum atomic E-state index is 12.9. The van der Waals surface area contributed by atoms with Crippen LogP contribution in [0, 0.1) is 11.8 Å². The van der Waals surface area contributed by atoms with Gasteiger partial charge in [0.1, 0.15) is 5.75 Å². The van der Waals surface area contributed by atoms with Gasteiger partial charge in [0, 0.05) is 13.1 Å². The van der Waals surface area contributed by atoms with Crippen LogP contribution in [0.1, 0.15) is 27.2 Å². The van der Waals surface area contributed by atoms with Crippen LogP contribution < -0.4 is 4.74 Å². The number of piperidine rings is 1. The van der Waals surface area contributed by atoms with E-state index < -0.39 is 0 Å². The molecule has 1 saturated heterocycles. The topological polar surface area (TPSA) is 73.4 Å². The Labute approximate surface area is 186 Å². The monoisotopic (exact) mass is 440 g/mol. The highest BCUT2D eigenvalue weighted by molar-refractivity contribution is 7.99. The predicted octanol–water partition coefficient (Wildman–Crippen LogP) is 4.52. The van der Waals surface area contributed by atoms with Crippen molar-refractivity contribution in [2.45, 2.75) is 32.3 Å². The lowest BCUT2D eigenvalue weighted by molar-refractivity contribution is -0.130. The number of nitrogens with zero attached hydrogens (tertiary/aromatic N) is 4. The smallest absolute Gasteiger partial charge is 0.233 e. The van der Waals surface area contributed by atoms with Crippen LogP contribution in [0.25, 0.3) is 17.3 Å². The highest BCUT2D eigenvalue weighted by Gasteiger charge is 2.26. The zero-order valence-corrected chi connectivity index (χ0v) is 19.0. The summed E-state index contributed by atoms with van der Waals surface area (Å²) in [6.07, 6.45) is 2.79. The van der Waals surface area contributed by atoms with Crippen molar-refractivity contribution < 1.29 is 13.9 Å². The van der Waals surface area contributed by atoms with Crippen LogP contribution in [-0.4, -0.2) is 51.0 Å². The fourth-order valence-electron chi connectivity index (χ4n) is 4.10. The number of likely N-dealkylation sites (tertiary alicyclic amines) is 1. The Morgan fingerprint density at radius 3 is 2.55 bits per heavy atom. The van der Waals surface area contributed by atoms with Gasteiger partial charge in [-0.2, -0.15) is 0 Å². The average Bonchev–Trinajstić information content (AvgIpc) is 3.42. The number of aromatic nitrogens is 3. The number of thioether (sulfide) groups is 1. The summed E-state index contributed by atoms with van der Waals surface area (Å²) in [6.45, 7) is 8.64. The standard InChI is InChI=1S/C23H28N4O3S/c1-4-29-19-9-7-18(8-10-19)27-22(20-6-5-11-30-20)24-25-23(27)31-15-21(28)26-13-16(2)12-17(3)14-26/h5-11,16-17H,4,12-15H2,1-3H3. The first-order valence-corrected chi connectivity index (χ1v) is 11.7. The van der Waals surface area contributed by atoms with Gasteiger partial charge in [0.15, 0.2) is 10.9 Å². The Bertz CT molecular complexity index is 991. The molecule has 0 bridgehead atoms. The van der Waals surface area contributed by atoms with E-state index in [1.165, 1.54) is 18.2 Å². The minimum absolute atomic E-state index is 0.143. The first kappa shape index (κ1) is 21.5. The Hall–Kier alpha value is -2.74. The summed E-state index contributed by atoms with van der Waals surface area (Å²) in [6, 6.07) is 11.4. The Balaban J connectivity index is 1.57. The Morgan fingerprint density at radius 1 is 1.16 bits per heavy atom. The highest BCUT2D eigenvalue weighted by atomic mass is 32.2. The molecule has 31 heavy (non-hydrogen) atoms. The second-order valence-electron chi connectivity index (χ2n) is 8.08. The molecule has 164 valence electrons. The van der Waals surface area contributed by atoms with E-state index in [-0.39, 0.29) is 5.91 Å². The van der Waals surface area contributed by atoms with Crippen molar-refractivity contribution in [1.29, 1.82) is 0 Å². The second-order valence-corrected chi connectivity index (χ2v) is 9.02. The third-order valence-electron chi connectivity index (χ3n) is 5.33. The van der Waals surface area contributed by atoms with Gasteiger partial charge in [0.25, 0.3) is 0 Å². The molecule has 7 nitrogen and oxygen atoms in total. The van der Waals surface area contributed by atoms with Gasteiger partial charge < -0.3 is 14.1 Å². The second kappa shape index (κ2) is 9.60. The van der Waals surface area contributed by atoms with E-state index in [1.807, 2.05) is 52.8 Å². The van der Waals surface area contributed by atoms with Gasteiger partial charge >= 0.3 is 0 Å². The van der Waals surface area contributed by atoms with Crippen LogP contribution >= 0.6 is 11.8 Å². The first-order chi connectivity index (χ1) is 15.0. The van der Waals surface area contributed by atoms with Crippen LogP contribution in [0.5, 0.6) is 5.75 Å². The molecule has 0 N–H and O–H groups in total. The van der Waals surface area contributed by atoms with Crippen LogP contribution in [-0.2, 0) is 4.79 Å². The number of benzene rings is 1. The number of rotatable bonds is 7. The fraction of sp³-hybridized carbons (Fsp3) is 0.435. The third kappa shape index (κ3) is 4.95. The molecular formula is C23H28N4O3S. The molecule has 8 heteroatoms. The molecule has 0 aliphatic carbocycles. The van der Waals surface area contributed by atoms with Gasteiger partial charge in [-0.05, 0) is 61.6 Å². The summed E-state index contributed by atoms with van der Waals surface area (Å²) in [5.41, 5.74) is 0.884. The molecule has 0 spiro atoms. The molecular weight excluding hydrogens is 412 g/mol. The highest BCUT2D eigenvalue weighted by Crippen LogP contribution is 2.30. The van der Waals surface area contributed by atoms with Crippen LogP contribution in [0.2, 0.25) is 0 Å². The van der Waals surface area contributed by atoms with Crippen LogP contribution in [0.3, 0.4) is 0 Å². The van der Waals surface area contributed by atoms with E-state index in [2.05, 4.69) is 24.0 Å². The zero-order chi connectivity index (χ0) is 21.8. The maximum absolute atomic E-state index is 12.9. The van der Waals surface area contributed by atoms with Gasteiger partial charge in [-0.15, -0.1) is 10.2 Å². The average molecular weight is 441 g/mol. The summed E-state index contributed by atoms with van der Waals surface area (Å²) in [7, 11) is 0. The van der Waals surface area contributed by atoms with Crippen LogP contribution in [0.15, 0.2) is 52.2 Å². The molecule has 1 aliphatic heterocycles. The lowest BCUT2D eigenvalue weighted by Crippen LogP contribution is -2.43. The lowest BCUT2D eigenvalue weighted by Gasteiger charge is -2.34. The number of carbonyl (C=O) groups excluding carboxylic acids is 1. The van der Waals surface area contributed by atoms with Crippen molar-refractivity contribution in [3.8, 4) is 23.0 Å². The number of carbonyl (C=O) groups is 1. The first-order valence-electron chi connectivity index (χ1n) is 10.7. The van der Waals surface area contributed by atoms with Gasteiger partial charge in [0.05, 0.1) is 24.3 Å². The zero-order valence-electron chi connectivity index (χ0n) is 18.2. The van der Waals surface area contributed by atoms with Crippen molar-refractivity contribution in [2.24, 2.45) is 11.8 Å². The van der Waals surface area contributed by atoms with Crippen molar-refractivity contribution in [1.82, 2.24) is 19.7 Å². The molecule has 3 heterocycles. The largest absolute Gasteiger partial charge is 0.494 e. The fourth-order valence-corrected chi connectivity index (χ4v) is 4.96. The minimum atomic E-state index is 0.143. The molecule has 4 rings (SSSR count). The van der Waals surface area contributed by atoms with Crippen molar-refractivity contribution >= 4 is 17.7 Å². The molecule has 2 atom stereocenters. The van der Waals surface area contributed by atoms with Crippen LogP contribution in [0.4, 0.5) is 0 Å². The van der Waals surface area contributed by atoms with Gasteiger partial charge in [-0.25, -0.2) is 0 Å². The maximum Gasteiger partial charge on any atom is 0.233 e. The van der Waals surface area contributed by atoms with Gasteiger partial charge in [-0.1, -0.05) is 25.6 Å². The summed E-state index contributed by atoms with van der Waals surface area (Å²) in [5, 5.41) is 9.37. The molecule has 1 aromatic carbocycles. The predicted molar refractivity (Wildman–Crippen MR) is 120 cm³/mol. The summed E-state index contributed by atoms with van der Waals surface area (Å²) >= 11 is 1.40. The van der Waals surface area contributed by atoms with Crippen molar-refractivity contribution in [3.05, 3.63) is 42.7 Å². The molecule has 2 aromatic heterocycles. The summed E-state index contributed by atoms with van der Waals surface area (Å²) in [4.78, 5) is 14.9. The molecule has 1 amide bonds. The van der Waals surface area contributed by atoms with E-state index in [9.17, 15) is 4.79 Å². The number of hydrogen-bond acceptors (Lipinski definition) is 6. The number of ether oxygens (including phenoxy) is 1.